The van der Waals surface area contributed by atoms with Crippen LogP contribution in [0.5, 0.6) is 0 Å². The fraction of sp³-hybridized carbons (Fsp3) is 0.419. The normalized spacial score (nSPS) is 17.2. The number of anilines is 1. The molecule has 0 bridgehead atoms. The monoisotopic (exact) mass is 496 g/mol. The second-order valence-electron chi connectivity index (χ2n) is 10.9. The number of fused-ring (bicyclic) bond motifs is 3. The minimum atomic E-state index is 0.0249. The molecule has 0 radical (unpaired) electrons. The van der Waals surface area contributed by atoms with E-state index in [4.69, 9.17) is 0 Å². The molecule has 4 aromatic rings. The Morgan fingerprint density at radius 2 is 1.65 bits per heavy atom. The van der Waals surface area contributed by atoms with Crippen LogP contribution in [0.1, 0.15) is 59.6 Å². The van der Waals surface area contributed by atoms with Gasteiger partial charge in [0.2, 0.25) is 0 Å². The summed E-state index contributed by atoms with van der Waals surface area (Å²) in [7, 11) is 1.95. The average molecular weight is 497 g/mol. The van der Waals surface area contributed by atoms with Crippen LogP contribution in [-0.2, 0) is 7.05 Å². The van der Waals surface area contributed by atoms with Crippen LogP contribution in [-0.4, -0.2) is 46.1 Å². The van der Waals surface area contributed by atoms with Gasteiger partial charge in [0.1, 0.15) is 5.52 Å². The number of benzene rings is 2. The summed E-state index contributed by atoms with van der Waals surface area (Å²) in [6.07, 6.45) is 7.38. The highest BCUT2D eigenvalue weighted by Crippen LogP contribution is 2.33. The zero-order chi connectivity index (χ0) is 25.7. The number of carbonyl (C=O) groups excluding carboxylic acids is 1. The molecule has 6 nitrogen and oxygen atoms in total. The van der Waals surface area contributed by atoms with Gasteiger partial charge < -0.3 is 18.9 Å². The maximum Gasteiger partial charge on any atom is 0.275 e. The van der Waals surface area contributed by atoms with Gasteiger partial charge in [-0.05, 0) is 49.9 Å². The van der Waals surface area contributed by atoms with E-state index < -0.39 is 0 Å². The number of aromatic nitrogens is 2. The summed E-state index contributed by atoms with van der Waals surface area (Å²) in [5.41, 5.74) is 6.10. The van der Waals surface area contributed by atoms with E-state index in [0.717, 1.165) is 55.1 Å². The largest absolute Gasteiger partial charge is 0.368 e. The van der Waals surface area contributed by atoms with Gasteiger partial charge >= 0.3 is 0 Å². The van der Waals surface area contributed by atoms with Crippen LogP contribution in [0.15, 0.2) is 53.5 Å². The van der Waals surface area contributed by atoms with Gasteiger partial charge in [0.15, 0.2) is 0 Å². The Bertz CT molecular complexity index is 1550. The maximum atomic E-state index is 14.2. The fourth-order valence-corrected chi connectivity index (χ4v) is 6.47. The molecule has 1 aliphatic heterocycles. The van der Waals surface area contributed by atoms with Crippen LogP contribution in [0.25, 0.3) is 21.8 Å². The number of carbonyl (C=O) groups is 1. The van der Waals surface area contributed by atoms with Gasteiger partial charge in [0.25, 0.3) is 11.5 Å². The Kier molecular flexibility index (Phi) is 6.06. The lowest BCUT2D eigenvalue weighted by Crippen LogP contribution is -2.49. The van der Waals surface area contributed by atoms with Gasteiger partial charge in [-0.1, -0.05) is 49.6 Å². The molecule has 6 rings (SSSR count). The molecule has 2 fully saturated rings. The number of para-hydroxylation sites is 1. The number of hydrogen-bond donors (Lipinski definition) is 0. The van der Waals surface area contributed by atoms with Gasteiger partial charge in [-0.25, -0.2) is 0 Å². The highest BCUT2D eigenvalue weighted by molar-refractivity contribution is 6.17. The van der Waals surface area contributed by atoms with Crippen molar-refractivity contribution in [3.63, 3.8) is 0 Å². The summed E-state index contributed by atoms with van der Waals surface area (Å²) in [4.78, 5) is 32.4. The van der Waals surface area contributed by atoms with E-state index in [-0.39, 0.29) is 17.5 Å². The van der Waals surface area contributed by atoms with E-state index in [9.17, 15) is 9.59 Å². The first-order valence-corrected chi connectivity index (χ1v) is 13.7. The van der Waals surface area contributed by atoms with E-state index in [2.05, 4.69) is 36.9 Å². The molecule has 37 heavy (non-hydrogen) atoms. The predicted octanol–water partition coefficient (Wildman–Crippen LogP) is 5.58. The lowest BCUT2D eigenvalue weighted by Gasteiger charge is -2.37. The molecular formula is C31H36N4O2. The first-order chi connectivity index (χ1) is 17.9. The van der Waals surface area contributed by atoms with Crippen molar-refractivity contribution in [2.24, 2.45) is 7.05 Å². The Hall–Kier alpha value is -3.54. The summed E-state index contributed by atoms with van der Waals surface area (Å²) in [5, 5.41) is 1.78. The minimum Gasteiger partial charge on any atom is -0.368 e. The number of aryl methyl sites for hydroxylation is 3. The van der Waals surface area contributed by atoms with Gasteiger partial charge in [-0.2, -0.15) is 0 Å². The van der Waals surface area contributed by atoms with E-state index in [1.807, 2.05) is 51.5 Å². The second-order valence-corrected chi connectivity index (χ2v) is 10.9. The van der Waals surface area contributed by atoms with Crippen molar-refractivity contribution in [1.82, 2.24) is 14.0 Å². The highest BCUT2D eigenvalue weighted by Gasteiger charge is 2.29. The smallest absolute Gasteiger partial charge is 0.275 e. The third kappa shape index (κ3) is 4.03. The van der Waals surface area contributed by atoms with Crippen LogP contribution < -0.4 is 10.5 Å². The van der Waals surface area contributed by atoms with E-state index in [1.54, 1.807) is 0 Å². The third-order valence-electron chi connectivity index (χ3n) is 8.55. The molecule has 0 unspecified atom stereocenters. The van der Waals surface area contributed by atoms with Crippen molar-refractivity contribution in [3.05, 3.63) is 75.7 Å². The highest BCUT2D eigenvalue weighted by atomic mass is 16.2. The number of rotatable bonds is 3. The molecule has 3 heterocycles. The fourth-order valence-electron chi connectivity index (χ4n) is 6.47. The van der Waals surface area contributed by atoms with Crippen molar-refractivity contribution >= 4 is 33.4 Å². The summed E-state index contributed by atoms with van der Waals surface area (Å²) >= 11 is 0. The summed E-state index contributed by atoms with van der Waals surface area (Å²) in [6, 6.07) is 14.8. The van der Waals surface area contributed by atoms with Crippen LogP contribution in [0.4, 0.5) is 5.69 Å². The van der Waals surface area contributed by atoms with Crippen molar-refractivity contribution in [2.75, 3.05) is 31.1 Å². The number of amides is 1. The summed E-state index contributed by atoms with van der Waals surface area (Å²) in [6.45, 7) is 7.22. The Morgan fingerprint density at radius 3 is 2.41 bits per heavy atom. The van der Waals surface area contributed by atoms with Crippen LogP contribution >= 0.6 is 0 Å². The molecule has 0 N–H and O–H groups in total. The molecule has 2 aliphatic rings. The number of hydrogen-bond acceptors (Lipinski definition) is 3. The van der Waals surface area contributed by atoms with Gasteiger partial charge in [-0.15, -0.1) is 0 Å². The summed E-state index contributed by atoms with van der Waals surface area (Å²) in [5.74, 6) is 0.0338. The molecule has 1 saturated carbocycles. The third-order valence-corrected chi connectivity index (χ3v) is 8.55. The van der Waals surface area contributed by atoms with Crippen LogP contribution in [0, 0.1) is 13.8 Å². The minimum absolute atomic E-state index is 0.0249. The van der Waals surface area contributed by atoms with Crippen LogP contribution in [0.2, 0.25) is 0 Å². The molecule has 1 amide bonds. The molecule has 6 heteroatoms. The number of piperazine rings is 1. The molecular weight excluding hydrogens is 460 g/mol. The quantitative estimate of drug-likeness (QED) is 0.372. The first-order valence-electron chi connectivity index (χ1n) is 13.7. The number of nitrogens with zero attached hydrogens (tertiary/aromatic N) is 4. The SMILES string of the molecule is Cc1ccc(C)c(N2CCN(C(=O)c3cn(C4CCCCC4)c(=O)c4c3c3ccccc3n4C)CC2)c1. The van der Waals surface area contributed by atoms with Crippen molar-refractivity contribution in [2.45, 2.75) is 52.0 Å². The molecule has 1 saturated heterocycles. The zero-order valence-electron chi connectivity index (χ0n) is 22.2. The molecule has 2 aromatic heterocycles. The Morgan fingerprint density at radius 1 is 0.919 bits per heavy atom. The van der Waals surface area contributed by atoms with E-state index in [1.165, 1.54) is 23.2 Å². The van der Waals surface area contributed by atoms with E-state index >= 15 is 0 Å². The molecule has 0 spiro atoms. The van der Waals surface area contributed by atoms with Crippen molar-refractivity contribution in [3.8, 4) is 0 Å². The lowest BCUT2D eigenvalue weighted by molar-refractivity contribution is 0.0747. The first kappa shape index (κ1) is 23.8. The van der Waals surface area contributed by atoms with Crippen LogP contribution in [0.3, 0.4) is 0 Å². The Labute approximate surface area is 218 Å². The standard InChI is InChI=1S/C31H36N4O2/c1-21-13-14-22(2)27(19-21)33-15-17-34(18-16-33)30(36)25-20-35(23-9-5-4-6-10-23)31(37)29-28(25)24-11-7-8-12-26(24)32(29)3/h7-8,11-14,19-20,23H,4-6,9-10,15-18H2,1-3H3. The van der Waals surface area contributed by atoms with Crippen molar-refractivity contribution in [1.29, 1.82) is 0 Å². The number of pyridine rings is 1. The molecule has 0 atom stereocenters. The topological polar surface area (TPSA) is 50.5 Å². The lowest BCUT2D eigenvalue weighted by atomic mass is 9.94. The molecule has 192 valence electrons. The van der Waals surface area contributed by atoms with Crippen molar-refractivity contribution < 1.29 is 4.79 Å². The van der Waals surface area contributed by atoms with Gasteiger partial charge in [0, 0.05) is 67.4 Å². The Balaban J connectivity index is 1.40. The maximum absolute atomic E-state index is 14.2. The van der Waals surface area contributed by atoms with Gasteiger partial charge in [-0.3, -0.25) is 9.59 Å². The van der Waals surface area contributed by atoms with Gasteiger partial charge in [0.05, 0.1) is 5.56 Å². The average Bonchev–Trinajstić information content (AvgIpc) is 3.23. The molecule has 1 aliphatic carbocycles. The predicted molar refractivity (Wildman–Crippen MR) is 151 cm³/mol. The molecule has 2 aromatic carbocycles. The van der Waals surface area contributed by atoms with E-state index in [0.29, 0.717) is 24.2 Å². The second kappa shape index (κ2) is 9.40. The summed E-state index contributed by atoms with van der Waals surface area (Å²) < 4.78 is 3.88. The zero-order valence-corrected chi connectivity index (χ0v) is 22.2.